The highest BCUT2D eigenvalue weighted by Gasteiger charge is 2.51. The molecule has 1 aromatic rings. The van der Waals surface area contributed by atoms with Gasteiger partial charge in [0.2, 0.25) is 0 Å². The molecule has 4 heteroatoms. The van der Waals surface area contributed by atoms with Crippen molar-refractivity contribution >= 4 is 18.0 Å². The largest absolute Gasteiger partial charge is 0.468 e. The van der Waals surface area contributed by atoms with Crippen LogP contribution >= 0.6 is 0 Å². The number of rotatable bonds is 7. The number of methoxy groups -OCH3 is 2. The Morgan fingerprint density at radius 3 is 2.16 bits per heavy atom. The number of benzene rings is 1. The van der Waals surface area contributed by atoms with E-state index in [0.29, 0.717) is 0 Å². The van der Waals surface area contributed by atoms with E-state index in [1.54, 1.807) is 6.08 Å². The van der Waals surface area contributed by atoms with Gasteiger partial charge < -0.3 is 9.47 Å². The van der Waals surface area contributed by atoms with Crippen LogP contribution in [0.4, 0.5) is 0 Å². The fraction of sp³-hybridized carbons (Fsp3) is 0.381. The van der Waals surface area contributed by atoms with Crippen LogP contribution in [0.2, 0.25) is 0 Å². The van der Waals surface area contributed by atoms with Gasteiger partial charge in [-0.25, -0.2) is 0 Å². The molecule has 0 N–H and O–H groups in total. The van der Waals surface area contributed by atoms with Gasteiger partial charge in [0.1, 0.15) is 0 Å². The molecule has 4 nitrogen and oxygen atoms in total. The summed E-state index contributed by atoms with van der Waals surface area (Å²) >= 11 is 0. The standard InChI is InChI=1S/C21H26O4/c1-16(2)10-9-15-21(19(22)24-4,20(23)25-5)17(3)13-14-18-11-7-6-8-12-18/h6-9,11-14,17H,15H2,1-5H3/b14-13+. The van der Waals surface area contributed by atoms with Gasteiger partial charge in [-0.05, 0) is 31.1 Å². The first kappa shape index (κ1) is 20.5. The molecule has 0 aliphatic rings. The second-order valence-electron chi connectivity index (χ2n) is 6.07. The number of ether oxygens (including phenoxy) is 2. The zero-order valence-electron chi connectivity index (χ0n) is 15.5. The van der Waals surface area contributed by atoms with E-state index >= 15 is 0 Å². The van der Waals surface area contributed by atoms with Gasteiger partial charge in [-0.15, -0.1) is 5.73 Å². The van der Waals surface area contributed by atoms with Crippen LogP contribution in [0.15, 0.2) is 53.8 Å². The quantitative estimate of drug-likeness (QED) is 0.424. The van der Waals surface area contributed by atoms with Crippen molar-refractivity contribution in [1.29, 1.82) is 0 Å². The van der Waals surface area contributed by atoms with E-state index < -0.39 is 23.3 Å². The van der Waals surface area contributed by atoms with Crippen molar-refractivity contribution in [3.05, 3.63) is 59.4 Å². The molecule has 1 atom stereocenters. The second-order valence-corrected chi connectivity index (χ2v) is 6.07. The molecule has 1 rings (SSSR count). The van der Waals surface area contributed by atoms with Crippen LogP contribution in [0.25, 0.3) is 6.08 Å². The van der Waals surface area contributed by atoms with Crippen LogP contribution in [0.3, 0.4) is 0 Å². The van der Waals surface area contributed by atoms with Gasteiger partial charge in [0.15, 0.2) is 5.41 Å². The smallest absolute Gasteiger partial charge is 0.324 e. The van der Waals surface area contributed by atoms with E-state index in [-0.39, 0.29) is 6.42 Å². The fourth-order valence-electron chi connectivity index (χ4n) is 2.57. The van der Waals surface area contributed by atoms with Crippen molar-refractivity contribution in [3.8, 4) is 0 Å². The fourth-order valence-corrected chi connectivity index (χ4v) is 2.57. The summed E-state index contributed by atoms with van der Waals surface area (Å²) in [6, 6.07) is 9.68. The molecular formula is C21H26O4. The third-order valence-corrected chi connectivity index (χ3v) is 4.07. The normalized spacial score (nSPS) is 12.2. The van der Waals surface area contributed by atoms with E-state index in [1.807, 2.05) is 63.3 Å². The first-order valence-electron chi connectivity index (χ1n) is 8.17. The third-order valence-electron chi connectivity index (χ3n) is 4.07. The molecular weight excluding hydrogens is 316 g/mol. The molecule has 0 radical (unpaired) electrons. The minimum absolute atomic E-state index is 0.151. The summed E-state index contributed by atoms with van der Waals surface area (Å²) in [6.07, 6.45) is 5.56. The summed E-state index contributed by atoms with van der Waals surface area (Å²) < 4.78 is 9.88. The molecule has 0 aliphatic heterocycles. The number of carbonyl (C=O) groups excluding carboxylic acids is 2. The Hall–Kier alpha value is -2.58. The van der Waals surface area contributed by atoms with Crippen LogP contribution < -0.4 is 0 Å². The predicted molar refractivity (Wildman–Crippen MR) is 98.7 cm³/mol. The molecule has 0 spiro atoms. The Morgan fingerprint density at radius 1 is 1.12 bits per heavy atom. The van der Waals surface area contributed by atoms with Crippen molar-refractivity contribution in [2.75, 3.05) is 14.2 Å². The number of allylic oxidation sites excluding steroid dienone is 2. The molecule has 0 amide bonds. The third kappa shape index (κ3) is 5.20. The Kier molecular flexibility index (Phi) is 7.90. The topological polar surface area (TPSA) is 52.6 Å². The second kappa shape index (κ2) is 9.65. The lowest BCUT2D eigenvalue weighted by Gasteiger charge is -2.31. The summed E-state index contributed by atoms with van der Waals surface area (Å²) in [5, 5.41) is 0. The number of esters is 2. The molecule has 0 fully saturated rings. The molecule has 0 aromatic heterocycles. The number of hydrogen-bond acceptors (Lipinski definition) is 4. The van der Waals surface area contributed by atoms with Gasteiger partial charge in [-0.3, -0.25) is 9.59 Å². The maximum Gasteiger partial charge on any atom is 0.324 e. The summed E-state index contributed by atoms with van der Waals surface area (Å²) in [5.74, 6) is -1.66. The SMILES string of the molecule is COC(=O)C(CC=C=C(C)C)(C(=O)OC)C(C)/C=C/c1ccccc1. The average Bonchev–Trinajstić information content (AvgIpc) is 2.62. The lowest BCUT2D eigenvalue weighted by Crippen LogP contribution is -2.45. The molecule has 0 bridgehead atoms. The first-order valence-corrected chi connectivity index (χ1v) is 8.17. The average molecular weight is 342 g/mol. The summed E-state index contributed by atoms with van der Waals surface area (Å²) in [6.45, 7) is 5.60. The Balaban J connectivity index is 3.31. The number of carbonyl (C=O) groups is 2. The molecule has 0 saturated carbocycles. The first-order chi connectivity index (χ1) is 11.9. The van der Waals surface area contributed by atoms with Crippen LogP contribution in [0, 0.1) is 11.3 Å². The molecule has 0 saturated heterocycles. The van der Waals surface area contributed by atoms with Crippen molar-refractivity contribution in [2.45, 2.75) is 27.2 Å². The highest BCUT2D eigenvalue weighted by molar-refractivity contribution is 6.01. The minimum atomic E-state index is -1.45. The van der Waals surface area contributed by atoms with Gasteiger partial charge in [-0.1, -0.05) is 49.4 Å². The van der Waals surface area contributed by atoms with Crippen molar-refractivity contribution < 1.29 is 19.1 Å². The van der Waals surface area contributed by atoms with Gasteiger partial charge in [0.05, 0.1) is 14.2 Å². The molecule has 1 unspecified atom stereocenters. The number of hydrogen-bond donors (Lipinski definition) is 0. The van der Waals surface area contributed by atoms with Crippen LogP contribution in [-0.4, -0.2) is 26.2 Å². The minimum Gasteiger partial charge on any atom is -0.468 e. The zero-order chi connectivity index (χ0) is 18.9. The van der Waals surface area contributed by atoms with E-state index in [0.717, 1.165) is 11.1 Å². The molecule has 0 heterocycles. The van der Waals surface area contributed by atoms with E-state index in [2.05, 4.69) is 5.73 Å². The van der Waals surface area contributed by atoms with E-state index in [9.17, 15) is 9.59 Å². The maximum atomic E-state index is 12.6. The molecule has 134 valence electrons. The monoisotopic (exact) mass is 342 g/mol. The molecule has 1 aromatic carbocycles. The summed E-state index contributed by atoms with van der Waals surface area (Å²) in [5.41, 5.74) is 3.53. The van der Waals surface area contributed by atoms with Crippen molar-refractivity contribution in [3.63, 3.8) is 0 Å². The highest BCUT2D eigenvalue weighted by Crippen LogP contribution is 2.36. The molecule has 25 heavy (non-hydrogen) atoms. The van der Waals surface area contributed by atoms with Gasteiger partial charge in [0, 0.05) is 12.3 Å². The van der Waals surface area contributed by atoms with Crippen LogP contribution in [0.5, 0.6) is 0 Å². The zero-order valence-corrected chi connectivity index (χ0v) is 15.5. The van der Waals surface area contributed by atoms with Crippen molar-refractivity contribution in [1.82, 2.24) is 0 Å². The Morgan fingerprint density at radius 2 is 1.68 bits per heavy atom. The van der Waals surface area contributed by atoms with Crippen LogP contribution in [-0.2, 0) is 19.1 Å². The Labute approximate surface area is 149 Å². The lowest BCUT2D eigenvalue weighted by atomic mass is 9.73. The highest BCUT2D eigenvalue weighted by atomic mass is 16.5. The predicted octanol–water partition coefficient (Wildman–Crippen LogP) is 4.18. The van der Waals surface area contributed by atoms with E-state index in [1.165, 1.54) is 14.2 Å². The Bertz CT molecular complexity index is 659. The van der Waals surface area contributed by atoms with E-state index in [4.69, 9.17) is 9.47 Å². The lowest BCUT2D eigenvalue weighted by molar-refractivity contribution is -0.171. The summed E-state index contributed by atoms with van der Waals surface area (Å²) in [7, 11) is 2.55. The van der Waals surface area contributed by atoms with Crippen LogP contribution in [0.1, 0.15) is 32.8 Å². The van der Waals surface area contributed by atoms with Gasteiger partial charge in [0.25, 0.3) is 0 Å². The molecule has 0 aliphatic carbocycles. The maximum absolute atomic E-state index is 12.6. The van der Waals surface area contributed by atoms with Gasteiger partial charge in [-0.2, -0.15) is 0 Å². The summed E-state index contributed by atoms with van der Waals surface area (Å²) in [4.78, 5) is 25.1. The van der Waals surface area contributed by atoms with Gasteiger partial charge >= 0.3 is 11.9 Å². The van der Waals surface area contributed by atoms with Crippen molar-refractivity contribution in [2.24, 2.45) is 11.3 Å².